The molecule has 6 heteroatoms. The molecule has 1 aromatic heterocycles. The van der Waals surface area contributed by atoms with E-state index < -0.39 is 5.97 Å². The highest BCUT2D eigenvalue weighted by molar-refractivity contribution is 5.68. The van der Waals surface area contributed by atoms with E-state index in [2.05, 4.69) is 14.9 Å². The minimum absolute atomic E-state index is 0.356. The first-order chi connectivity index (χ1) is 7.75. The molecular formula is C10H8N2O4. The Morgan fingerprint density at radius 2 is 2.12 bits per heavy atom. The molecule has 82 valence electrons. The van der Waals surface area contributed by atoms with E-state index >= 15 is 0 Å². The van der Waals surface area contributed by atoms with Gasteiger partial charge in [-0.1, -0.05) is 0 Å². The molecule has 0 aliphatic heterocycles. The average Bonchev–Trinajstić information content (AvgIpc) is 2.80. The molecule has 0 spiro atoms. The Kier molecular flexibility index (Phi) is 2.81. The third-order valence-electron chi connectivity index (χ3n) is 1.87. The Morgan fingerprint density at radius 1 is 1.38 bits per heavy atom. The molecule has 0 fully saturated rings. The second-order valence-corrected chi connectivity index (χ2v) is 3.00. The van der Waals surface area contributed by atoms with Crippen molar-refractivity contribution in [1.82, 2.24) is 10.4 Å². The van der Waals surface area contributed by atoms with Gasteiger partial charge in [0.25, 0.3) is 0 Å². The van der Waals surface area contributed by atoms with Crippen LogP contribution in [0.3, 0.4) is 0 Å². The maximum Gasteiger partial charge on any atom is 0.341 e. The number of carbonyl (C=O) groups is 1. The highest BCUT2D eigenvalue weighted by atomic mass is 16.5. The third kappa shape index (κ3) is 2.35. The summed E-state index contributed by atoms with van der Waals surface area (Å²) in [7, 11) is 0. The minimum atomic E-state index is -1.01. The van der Waals surface area contributed by atoms with Crippen LogP contribution in [0.4, 0.5) is 0 Å². The molecule has 1 heterocycles. The lowest BCUT2D eigenvalue weighted by atomic mass is 10.2. The molecule has 0 bridgehead atoms. The van der Waals surface area contributed by atoms with Crippen LogP contribution in [0.5, 0.6) is 5.75 Å². The predicted molar refractivity (Wildman–Crippen MR) is 52.9 cm³/mol. The van der Waals surface area contributed by atoms with E-state index in [4.69, 9.17) is 9.84 Å². The topological polar surface area (TPSA) is 85.5 Å². The number of aliphatic carboxylic acids is 1. The molecule has 2 rings (SSSR count). The van der Waals surface area contributed by atoms with E-state index in [0.717, 1.165) is 5.56 Å². The molecule has 1 aromatic carbocycles. The van der Waals surface area contributed by atoms with Gasteiger partial charge in [-0.15, -0.1) is 5.10 Å². The highest BCUT2D eigenvalue weighted by Gasteiger charge is 2.03. The number of rotatable bonds is 4. The highest BCUT2D eigenvalue weighted by Crippen LogP contribution is 2.19. The number of carboxylic acids is 1. The molecule has 2 aromatic rings. The first-order valence-electron chi connectivity index (χ1n) is 4.48. The molecule has 0 aliphatic rings. The van der Waals surface area contributed by atoms with Gasteiger partial charge in [-0.05, 0) is 24.3 Å². The van der Waals surface area contributed by atoms with Gasteiger partial charge in [-0.2, -0.15) is 0 Å². The second kappa shape index (κ2) is 4.43. The SMILES string of the molecule is O=C(O)COc1ccc(-c2conn2)cc1. The summed E-state index contributed by atoms with van der Waals surface area (Å²) in [6.07, 6.45) is 1.42. The molecule has 16 heavy (non-hydrogen) atoms. The van der Waals surface area contributed by atoms with Crippen molar-refractivity contribution in [2.75, 3.05) is 6.61 Å². The van der Waals surface area contributed by atoms with Gasteiger partial charge in [0.15, 0.2) is 12.9 Å². The van der Waals surface area contributed by atoms with Crippen LogP contribution in [0.2, 0.25) is 0 Å². The van der Waals surface area contributed by atoms with Gasteiger partial charge in [-0.25, -0.2) is 4.79 Å². The van der Waals surface area contributed by atoms with Crippen molar-refractivity contribution in [3.8, 4) is 17.0 Å². The molecule has 0 aliphatic carbocycles. The molecule has 0 radical (unpaired) electrons. The number of nitrogens with zero attached hydrogens (tertiary/aromatic N) is 2. The van der Waals surface area contributed by atoms with Crippen molar-refractivity contribution in [2.24, 2.45) is 0 Å². The number of hydrogen-bond donors (Lipinski definition) is 1. The maximum atomic E-state index is 10.3. The van der Waals surface area contributed by atoms with Crippen molar-refractivity contribution < 1.29 is 19.2 Å². The van der Waals surface area contributed by atoms with Crippen LogP contribution < -0.4 is 4.74 Å². The number of ether oxygens (including phenoxy) is 1. The van der Waals surface area contributed by atoms with Gasteiger partial charge in [0.2, 0.25) is 0 Å². The lowest BCUT2D eigenvalue weighted by molar-refractivity contribution is -0.139. The fourth-order valence-corrected chi connectivity index (χ4v) is 1.16. The zero-order valence-corrected chi connectivity index (χ0v) is 8.16. The van der Waals surface area contributed by atoms with Crippen LogP contribution >= 0.6 is 0 Å². The minimum Gasteiger partial charge on any atom is -0.482 e. The second-order valence-electron chi connectivity index (χ2n) is 3.00. The Bertz CT molecular complexity index is 464. The average molecular weight is 220 g/mol. The van der Waals surface area contributed by atoms with Crippen LogP contribution in [0, 0.1) is 0 Å². The largest absolute Gasteiger partial charge is 0.482 e. The van der Waals surface area contributed by atoms with Crippen LogP contribution in [-0.2, 0) is 4.79 Å². The van der Waals surface area contributed by atoms with Crippen molar-refractivity contribution in [3.63, 3.8) is 0 Å². The van der Waals surface area contributed by atoms with Gasteiger partial charge < -0.3 is 14.4 Å². The summed E-state index contributed by atoms with van der Waals surface area (Å²) in [5.41, 5.74) is 1.44. The first-order valence-corrected chi connectivity index (χ1v) is 4.48. The van der Waals surface area contributed by atoms with Crippen LogP contribution in [0.1, 0.15) is 0 Å². The lowest BCUT2D eigenvalue weighted by Gasteiger charge is -2.02. The quantitative estimate of drug-likeness (QED) is 0.833. The van der Waals surface area contributed by atoms with E-state index in [1.165, 1.54) is 6.26 Å². The Morgan fingerprint density at radius 3 is 2.69 bits per heavy atom. The normalized spacial score (nSPS) is 10.0. The predicted octanol–water partition coefficient (Wildman–Crippen LogP) is 1.20. The van der Waals surface area contributed by atoms with Crippen molar-refractivity contribution in [2.45, 2.75) is 0 Å². The summed E-state index contributed by atoms with van der Waals surface area (Å²) in [6, 6.07) is 6.81. The molecule has 0 unspecified atom stereocenters. The van der Waals surface area contributed by atoms with Crippen LogP contribution in [0.25, 0.3) is 11.3 Å². The zero-order chi connectivity index (χ0) is 11.4. The first kappa shape index (κ1) is 10.2. The molecule has 6 nitrogen and oxygen atoms in total. The van der Waals surface area contributed by atoms with Crippen LogP contribution in [0.15, 0.2) is 35.1 Å². The molecule has 0 saturated heterocycles. The summed E-state index contributed by atoms with van der Waals surface area (Å²) in [5, 5.41) is 15.5. The maximum absolute atomic E-state index is 10.3. The summed E-state index contributed by atoms with van der Waals surface area (Å²) in [6.45, 7) is -0.356. The number of hydrogen-bond acceptors (Lipinski definition) is 5. The third-order valence-corrected chi connectivity index (χ3v) is 1.87. The monoisotopic (exact) mass is 220 g/mol. The van der Waals surface area contributed by atoms with Crippen molar-refractivity contribution in [1.29, 1.82) is 0 Å². The summed E-state index contributed by atoms with van der Waals surface area (Å²) < 4.78 is 9.59. The molecule has 0 atom stereocenters. The van der Waals surface area contributed by atoms with E-state index in [9.17, 15) is 4.79 Å². The summed E-state index contributed by atoms with van der Waals surface area (Å²) in [4.78, 5) is 10.3. The Hall–Kier alpha value is -2.37. The number of aromatic nitrogens is 2. The van der Waals surface area contributed by atoms with Gasteiger partial charge >= 0.3 is 5.97 Å². The van der Waals surface area contributed by atoms with Gasteiger partial charge in [0.1, 0.15) is 11.4 Å². The molecule has 0 saturated carbocycles. The smallest absolute Gasteiger partial charge is 0.341 e. The van der Waals surface area contributed by atoms with Crippen LogP contribution in [-0.4, -0.2) is 28.1 Å². The van der Waals surface area contributed by atoms with Gasteiger partial charge in [0, 0.05) is 10.8 Å². The fraction of sp³-hybridized carbons (Fsp3) is 0.100. The van der Waals surface area contributed by atoms with E-state index in [-0.39, 0.29) is 6.61 Å². The summed E-state index contributed by atoms with van der Waals surface area (Å²) >= 11 is 0. The van der Waals surface area contributed by atoms with E-state index in [1.54, 1.807) is 24.3 Å². The molecule has 1 N–H and O–H groups in total. The number of benzene rings is 1. The molecular weight excluding hydrogens is 212 g/mol. The van der Waals surface area contributed by atoms with Crippen molar-refractivity contribution in [3.05, 3.63) is 30.5 Å². The Labute approximate surface area is 90.4 Å². The molecule has 0 amide bonds. The van der Waals surface area contributed by atoms with Gasteiger partial charge in [-0.3, -0.25) is 0 Å². The van der Waals surface area contributed by atoms with Crippen molar-refractivity contribution >= 4 is 5.97 Å². The summed E-state index contributed by atoms with van der Waals surface area (Å²) in [5.74, 6) is -0.521. The van der Waals surface area contributed by atoms with E-state index in [1.807, 2.05) is 0 Å². The van der Waals surface area contributed by atoms with Gasteiger partial charge in [0.05, 0.1) is 0 Å². The standard InChI is InChI=1S/C10H8N2O4/c13-10(14)6-15-8-3-1-7(2-4-8)9-5-16-12-11-9/h1-5H,6H2,(H,13,14). The zero-order valence-electron chi connectivity index (χ0n) is 8.16. The Balaban J connectivity index is 2.08. The lowest BCUT2D eigenvalue weighted by Crippen LogP contribution is -2.09. The van der Waals surface area contributed by atoms with E-state index in [0.29, 0.717) is 11.4 Å². The number of carboxylic acid groups (broad SMARTS) is 1. The fourth-order valence-electron chi connectivity index (χ4n) is 1.16.